The van der Waals surface area contributed by atoms with Crippen LogP contribution in [0.3, 0.4) is 0 Å². The molecule has 0 radical (unpaired) electrons. The van der Waals surface area contributed by atoms with E-state index < -0.39 is 21.2 Å². The lowest BCUT2D eigenvalue weighted by atomic mass is 10.1. The smallest absolute Gasteiger partial charge is 0.264 e. The molecule has 1 saturated carbocycles. The fourth-order valence-electron chi connectivity index (χ4n) is 1.47. The van der Waals surface area contributed by atoms with Crippen LogP contribution < -0.4 is 10.5 Å². The lowest BCUT2D eigenvalue weighted by Crippen LogP contribution is -2.33. The van der Waals surface area contributed by atoms with Gasteiger partial charge in [-0.1, -0.05) is 0 Å². The molecule has 0 aliphatic heterocycles. The Kier molecular flexibility index (Phi) is 2.82. The maximum absolute atomic E-state index is 11.7. The highest BCUT2D eigenvalue weighted by Gasteiger charge is 2.36. The molecule has 0 aromatic heterocycles. The van der Waals surface area contributed by atoms with Crippen LogP contribution >= 0.6 is 0 Å². The van der Waals surface area contributed by atoms with Crippen molar-refractivity contribution >= 4 is 21.6 Å². The van der Waals surface area contributed by atoms with Gasteiger partial charge in [-0.15, -0.1) is 0 Å². The minimum atomic E-state index is -3.49. The van der Waals surface area contributed by atoms with Crippen molar-refractivity contribution in [3.63, 3.8) is 0 Å². The molecule has 3 N–H and O–H groups in total. The van der Waals surface area contributed by atoms with Crippen LogP contribution in [0.5, 0.6) is 0 Å². The predicted octanol–water partition coefficient (Wildman–Crippen LogP) is 0.799. The highest BCUT2D eigenvalue weighted by Crippen LogP contribution is 2.27. The molecule has 0 saturated heterocycles. The number of rotatable bonds is 3. The van der Waals surface area contributed by atoms with Gasteiger partial charge in [0, 0.05) is 11.3 Å². The van der Waals surface area contributed by atoms with E-state index in [0.717, 1.165) is 5.56 Å². The van der Waals surface area contributed by atoms with Gasteiger partial charge in [-0.3, -0.25) is 4.79 Å². The minimum absolute atomic E-state index is 0.306. The molecule has 0 unspecified atom stereocenters. The number of aryl methyl sites for hydroxylation is 1. The molecule has 1 aliphatic rings. The van der Waals surface area contributed by atoms with Crippen LogP contribution in [0, 0.1) is 6.92 Å². The molecule has 6 heteroatoms. The number of nitrogens with two attached hydrogens (primary N) is 1. The molecular weight excluding hydrogens is 240 g/mol. The molecule has 1 amide bonds. The lowest BCUT2D eigenvalue weighted by molar-refractivity contribution is 0.0981. The molecule has 17 heavy (non-hydrogen) atoms. The summed E-state index contributed by atoms with van der Waals surface area (Å²) < 4.78 is 25.2. The van der Waals surface area contributed by atoms with Gasteiger partial charge in [-0.25, -0.2) is 13.1 Å². The average molecular weight is 254 g/mol. The van der Waals surface area contributed by atoms with Crippen LogP contribution in [0.2, 0.25) is 0 Å². The maximum atomic E-state index is 11.7. The van der Waals surface area contributed by atoms with Crippen molar-refractivity contribution in [3.05, 3.63) is 29.3 Å². The summed E-state index contributed by atoms with van der Waals surface area (Å²) in [5.74, 6) is -0.597. The predicted molar refractivity (Wildman–Crippen MR) is 65.0 cm³/mol. The van der Waals surface area contributed by atoms with Gasteiger partial charge in [0.25, 0.3) is 5.91 Å². The van der Waals surface area contributed by atoms with Gasteiger partial charge >= 0.3 is 0 Å². The van der Waals surface area contributed by atoms with Crippen molar-refractivity contribution in [1.29, 1.82) is 0 Å². The highest BCUT2D eigenvalue weighted by atomic mass is 32.2. The van der Waals surface area contributed by atoms with E-state index in [2.05, 4.69) is 4.72 Å². The summed E-state index contributed by atoms with van der Waals surface area (Å²) in [5, 5.41) is -0.402. The van der Waals surface area contributed by atoms with E-state index in [0.29, 0.717) is 24.1 Å². The topological polar surface area (TPSA) is 89.3 Å². The Balaban J connectivity index is 2.17. The van der Waals surface area contributed by atoms with Crippen LogP contribution in [0.15, 0.2) is 18.2 Å². The Morgan fingerprint density at radius 2 is 2.06 bits per heavy atom. The van der Waals surface area contributed by atoms with E-state index in [1.165, 1.54) is 6.07 Å². The first-order chi connectivity index (χ1) is 7.90. The largest absolute Gasteiger partial charge is 0.399 e. The summed E-state index contributed by atoms with van der Waals surface area (Å²) in [6.45, 7) is 1.77. The van der Waals surface area contributed by atoms with Gasteiger partial charge in [0.1, 0.15) is 0 Å². The third kappa shape index (κ3) is 2.58. The number of benzene rings is 1. The van der Waals surface area contributed by atoms with Crippen molar-refractivity contribution in [2.75, 3.05) is 5.73 Å². The number of carbonyl (C=O) groups excluding carboxylic acids is 1. The van der Waals surface area contributed by atoms with Gasteiger partial charge in [0.2, 0.25) is 10.0 Å². The summed E-state index contributed by atoms with van der Waals surface area (Å²) >= 11 is 0. The van der Waals surface area contributed by atoms with Crippen molar-refractivity contribution < 1.29 is 13.2 Å². The van der Waals surface area contributed by atoms with Crippen molar-refractivity contribution in [2.45, 2.75) is 25.0 Å². The highest BCUT2D eigenvalue weighted by molar-refractivity contribution is 7.91. The summed E-state index contributed by atoms with van der Waals surface area (Å²) in [6, 6.07) is 4.68. The third-order valence-electron chi connectivity index (χ3n) is 2.73. The number of nitrogen functional groups attached to an aromatic ring is 1. The van der Waals surface area contributed by atoms with Crippen molar-refractivity contribution in [3.8, 4) is 0 Å². The number of nitrogens with one attached hydrogen (secondary N) is 1. The Bertz CT molecular complexity index is 562. The number of hydrogen-bond acceptors (Lipinski definition) is 4. The normalized spacial score (nSPS) is 15.6. The molecule has 1 fully saturated rings. The zero-order valence-corrected chi connectivity index (χ0v) is 10.3. The second kappa shape index (κ2) is 4.03. The van der Waals surface area contributed by atoms with Gasteiger partial charge in [-0.2, -0.15) is 0 Å². The van der Waals surface area contributed by atoms with E-state index in [-0.39, 0.29) is 0 Å². The molecule has 0 heterocycles. The summed E-state index contributed by atoms with van der Waals surface area (Å²) in [5.41, 5.74) is 7.26. The third-order valence-corrected chi connectivity index (χ3v) is 4.55. The first kappa shape index (κ1) is 11.9. The Hall–Kier alpha value is -1.56. The van der Waals surface area contributed by atoms with Gasteiger partial charge in [0.05, 0.1) is 5.25 Å². The SMILES string of the molecule is Cc1cc(C(=O)NS(=O)(=O)C2CC2)ccc1N. The van der Waals surface area contributed by atoms with E-state index in [1.54, 1.807) is 19.1 Å². The minimum Gasteiger partial charge on any atom is -0.399 e. The van der Waals surface area contributed by atoms with Crippen LogP contribution in [0.4, 0.5) is 5.69 Å². The molecule has 0 atom stereocenters. The molecule has 0 spiro atoms. The second-order valence-electron chi connectivity index (χ2n) is 4.25. The fourth-order valence-corrected chi connectivity index (χ4v) is 2.77. The summed E-state index contributed by atoms with van der Waals surface area (Å²) in [7, 11) is -3.49. The fraction of sp³-hybridized carbons (Fsp3) is 0.364. The van der Waals surface area contributed by atoms with Gasteiger partial charge < -0.3 is 5.73 Å². The quantitative estimate of drug-likeness (QED) is 0.781. The Labute approximate surface area is 100 Å². The van der Waals surface area contributed by atoms with Crippen LogP contribution in [-0.2, 0) is 10.0 Å². The van der Waals surface area contributed by atoms with Crippen molar-refractivity contribution in [1.82, 2.24) is 4.72 Å². The molecule has 1 aromatic carbocycles. The monoisotopic (exact) mass is 254 g/mol. The number of hydrogen-bond donors (Lipinski definition) is 2. The molecule has 2 rings (SSSR count). The maximum Gasteiger partial charge on any atom is 0.264 e. The van der Waals surface area contributed by atoms with Crippen LogP contribution in [-0.4, -0.2) is 19.6 Å². The molecule has 0 bridgehead atoms. The number of anilines is 1. The molecular formula is C11H14N2O3S. The summed E-state index contributed by atoms with van der Waals surface area (Å²) in [6.07, 6.45) is 1.26. The van der Waals surface area contributed by atoms with Gasteiger partial charge in [0.15, 0.2) is 0 Å². The lowest BCUT2D eigenvalue weighted by Gasteiger charge is -2.07. The average Bonchev–Trinajstić information content (AvgIpc) is 3.04. The van der Waals surface area contributed by atoms with E-state index in [9.17, 15) is 13.2 Å². The van der Waals surface area contributed by atoms with Crippen LogP contribution in [0.25, 0.3) is 0 Å². The second-order valence-corrected chi connectivity index (χ2v) is 6.21. The summed E-state index contributed by atoms with van der Waals surface area (Å²) in [4.78, 5) is 11.7. The molecule has 1 aliphatic carbocycles. The first-order valence-corrected chi connectivity index (χ1v) is 6.87. The molecule has 1 aromatic rings. The van der Waals surface area contributed by atoms with Gasteiger partial charge in [-0.05, 0) is 43.5 Å². The standard InChI is InChI=1S/C11H14N2O3S/c1-7-6-8(2-5-10(7)12)11(14)13-17(15,16)9-3-4-9/h2,5-6,9H,3-4,12H2,1H3,(H,13,14). The van der Waals surface area contributed by atoms with Crippen molar-refractivity contribution in [2.24, 2.45) is 0 Å². The Morgan fingerprint density at radius 1 is 1.41 bits per heavy atom. The molecule has 5 nitrogen and oxygen atoms in total. The molecule has 92 valence electrons. The van der Waals surface area contributed by atoms with E-state index >= 15 is 0 Å². The van der Waals surface area contributed by atoms with Crippen LogP contribution in [0.1, 0.15) is 28.8 Å². The van der Waals surface area contributed by atoms with E-state index in [1.807, 2.05) is 0 Å². The zero-order valence-electron chi connectivity index (χ0n) is 9.43. The number of amides is 1. The van der Waals surface area contributed by atoms with E-state index in [4.69, 9.17) is 5.73 Å². The Morgan fingerprint density at radius 3 is 2.59 bits per heavy atom. The zero-order chi connectivity index (χ0) is 12.6. The number of carbonyl (C=O) groups is 1. The first-order valence-electron chi connectivity index (χ1n) is 5.32. The number of sulfonamides is 1.